The molecule has 1 aromatic carbocycles. The molecule has 0 aliphatic heterocycles. The van der Waals surface area contributed by atoms with E-state index in [4.69, 9.17) is 4.74 Å². The molecule has 0 spiro atoms. The lowest BCUT2D eigenvalue weighted by atomic mass is 10.1. The van der Waals surface area contributed by atoms with Crippen molar-refractivity contribution in [3.05, 3.63) is 24.3 Å². The first kappa shape index (κ1) is 15.3. The van der Waals surface area contributed by atoms with Crippen molar-refractivity contribution in [2.75, 3.05) is 12.9 Å². The van der Waals surface area contributed by atoms with Gasteiger partial charge in [-0.25, -0.2) is 8.42 Å². The Morgan fingerprint density at radius 3 is 2.18 bits per heavy atom. The molecule has 1 aromatic rings. The van der Waals surface area contributed by atoms with Gasteiger partial charge in [-0.3, -0.25) is 4.79 Å². The predicted molar refractivity (Wildman–Crippen MR) is 82.4 cm³/mol. The number of hydrogen-bond acceptors (Lipinski definition) is 4. The molecule has 0 saturated heterocycles. The summed E-state index contributed by atoms with van der Waals surface area (Å²) < 4.78 is 28.2. The first-order valence-electron chi connectivity index (χ1n) is 7.66. The van der Waals surface area contributed by atoms with Crippen molar-refractivity contribution in [2.24, 2.45) is 11.8 Å². The highest BCUT2D eigenvalue weighted by molar-refractivity contribution is 7.90. The molecular weight excluding hydrogens is 302 g/mol. The van der Waals surface area contributed by atoms with Crippen molar-refractivity contribution in [3.8, 4) is 5.75 Å². The Bertz CT molecular complexity index is 633. The third kappa shape index (κ3) is 4.00. The summed E-state index contributed by atoms with van der Waals surface area (Å²) in [6.45, 7) is -0.0336. The molecule has 2 saturated carbocycles. The van der Waals surface area contributed by atoms with Gasteiger partial charge in [-0.05, 0) is 61.8 Å². The number of rotatable bonds is 7. The molecule has 3 rings (SSSR count). The van der Waals surface area contributed by atoms with Crippen LogP contribution in [0.5, 0.6) is 5.75 Å². The zero-order chi connectivity index (χ0) is 15.7. The lowest BCUT2D eigenvalue weighted by Crippen LogP contribution is -2.40. The number of sulfone groups is 1. The zero-order valence-corrected chi connectivity index (χ0v) is 13.4. The van der Waals surface area contributed by atoms with Crippen LogP contribution in [0, 0.1) is 11.8 Å². The van der Waals surface area contributed by atoms with Crippen LogP contribution in [-0.4, -0.2) is 33.2 Å². The third-order valence-corrected chi connectivity index (χ3v) is 5.34. The minimum atomic E-state index is -3.21. The van der Waals surface area contributed by atoms with E-state index in [1.807, 2.05) is 0 Å². The Morgan fingerprint density at radius 2 is 1.73 bits per heavy atom. The van der Waals surface area contributed by atoms with Gasteiger partial charge in [0.05, 0.1) is 4.90 Å². The summed E-state index contributed by atoms with van der Waals surface area (Å²) in [4.78, 5) is 12.2. The van der Waals surface area contributed by atoms with Crippen LogP contribution in [-0.2, 0) is 14.6 Å². The summed E-state index contributed by atoms with van der Waals surface area (Å²) in [7, 11) is -3.21. The highest BCUT2D eigenvalue weighted by atomic mass is 32.2. The molecule has 120 valence electrons. The van der Waals surface area contributed by atoms with E-state index in [1.165, 1.54) is 37.8 Å². The second-order valence-electron chi connectivity index (χ2n) is 6.30. The maximum Gasteiger partial charge on any atom is 0.258 e. The number of nitrogens with one attached hydrogen (secondary N) is 1. The smallest absolute Gasteiger partial charge is 0.258 e. The molecule has 2 aliphatic carbocycles. The summed E-state index contributed by atoms with van der Waals surface area (Å²) >= 11 is 0. The molecule has 2 aliphatic rings. The van der Waals surface area contributed by atoms with E-state index in [0.29, 0.717) is 23.6 Å². The fraction of sp³-hybridized carbons (Fsp3) is 0.562. The number of hydrogen-bond donors (Lipinski definition) is 1. The van der Waals surface area contributed by atoms with Gasteiger partial charge in [-0.15, -0.1) is 0 Å². The first-order chi connectivity index (χ1) is 10.4. The summed E-state index contributed by atoms with van der Waals surface area (Å²) in [5.74, 6) is 1.71. The van der Waals surface area contributed by atoms with E-state index in [-0.39, 0.29) is 17.4 Å². The fourth-order valence-electron chi connectivity index (χ4n) is 2.69. The number of benzene rings is 1. The molecule has 22 heavy (non-hydrogen) atoms. The highest BCUT2D eigenvalue weighted by Crippen LogP contribution is 2.44. The molecule has 0 atom stereocenters. The average molecular weight is 323 g/mol. The summed E-state index contributed by atoms with van der Waals surface area (Å²) in [6, 6.07) is 6.44. The number of carbonyl (C=O) groups excluding carboxylic acids is 1. The Morgan fingerprint density at radius 1 is 1.18 bits per heavy atom. The highest BCUT2D eigenvalue weighted by Gasteiger charge is 2.42. The molecule has 6 heteroatoms. The lowest BCUT2D eigenvalue weighted by molar-refractivity contribution is -0.124. The number of amides is 1. The van der Waals surface area contributed by atoms with Crippen molar-refractivity contribution in [1.29, 1.82) is 0 Å². The quantitative estimate of drug-likeness (QED) is 0.830. The second-order valence-corrected chi connectivity index (χ2v) is 8.32. The van der Waals surface area contributed by atoms with Crippen LogP contribution in [0.4, 0.5) is 0 Å². The van der Waals surface area contributed by atoms with Crippen molar-refractivity contribution >= 4 is 15.7 Å². The zero-order valence-electron chi connectivity index (χ0n) is 12.6. The van der Waals surface area contributed by atoms with Crippen LogP contribution in [0.1, 0.15) is 25.7 Å². The SMILES string of the molecule is CS(=O)(=O)c1ccc(OCC(=O)NC(C2CC2)C2CC2)cc1. The fourth-order valence-corrected chi connectivity index (χ4v) is 3.32. The van der Waals surface area contributed by atoms with E-state index in [0.717, 1.165) is 6.26 Å². The summed E-state index contributed by atoms with van der Waals surface area (Å²) in [5, 5.41) is 3.09. The molecule has 0 aromatic heterocycles. The molecular formula is C16H21NO4S. The van der Waals surface area contributed by atoms with Crippen LogP contribution in [0.25, 0.3) is 0 Å². The minimum absolute atomic E-state index is 0.0336. The van der Waals surface area contributed by atoms with Crippen molar-refractivity contribution < 1.29 is 17.9 Å². The van der Waals surface area contributed by atoms with E-state index in [1.54, 1.807) is 12.1 Å². The van der Waals surface area contributed by atoms with Crippen LogP contribution >= 0.6 is 0 Å². The van der Waals surface area contributed by atoms with Crippen molar-refractivity contribution in [1.82, 2.24) is 5.32 Å². The van der Waals surface area contributed by atoms with Gasteiger partial charge >= 0.3 is 0 Å². The average Bonchev–Trinajstić information content (AvgIpc) is 3.36. The molecule has 0 unspecified atom stereocenters. The van der Waals surface area contributed by atoms with Crippen LogP contribution in [0.2, 0.25) is 0 Å². The molecule has 2 fully saturated rings. The normalized spacial score (nSPS) is 18.3. The van der Waals surface area contributed by atoms with Crippen LogP contribution in [0.3, 0.4) is 0 Å². The van der Waals surface area contributed by atoms with E-state index in [2.05, 4.69) is 5.32 Å². The number of carbonyl (C=O) groups is 1. The van der Waals surface area contributed by atoms with E-state index in [9.17, 15) is 13.2 Å². The Labute approximate surface area is 131 Å². The maximum atomic E-state index is 12.0. The number of ether oxygens (including phenoxy) is 1. The van der Waals surface area contributed by atoms with E-state index >= 15 is 0 Å². The van der Waals surface area contributed by atoms with E-state index < -0.39 is 9.84 Å². The van der Waals surface area contributed by atoms with Gasteiger partial charge in [0.2, 0.25) is 0 Å². The Hall–Kier alpha value is -1.56. The Balaban J connectivity index is 1.50. The van der Waals surface area contributed by atoms with Gasteiger partial charge in [0.15, 0.2) is 16.4 Å². The van der Waals surface area contributed by atoms with Crippen LogP contribution < -0.4 is 10.1 Å². The Kier molecular flexibility index (Phi) is 4.12. The lowest BCUT2D eigenvalue weighted by Gasteiger charge is -2.17. The van der Waals surface area contributed by atoms with Crippen molar-refractivity contribution in [3.63, 3.8) is 0 Å². The van der Waals surface area contributed by atoms with Crippen molar-refractivity contribution in [2.45, 2.75) is 36.6 Å². The minimum Gasteiger partial charge on any atom is -0.484 e. The van der Waals surface area contributed by atoms with Crippen LogP contribution in [0.15, 0.2) is 29.2 Å². The monoisotopic (exact) mass is 323 g/mol. The molecule has 5 nitrogen and oxygen atoms in total. The van der Waals surface area contributed by atoms with Gasteiger partial charge in [-0.1, -0.05) is 0 Å². The van der Waals surface area contributed by atoms with Gasteiger partial charge in [0, 0.05) is 12.3 Å². The molecule has 1 amide bonds. The van der Waals surface area contributed by atoms with Gasteiger partial charge < -0.3 is 10.1 Å². The summed E-state index contributed by atoms with van der Waals surface area (Å²) in [5.41, 5.74) is 0. The summed E-state index contributed by atoms with van der Waals surface area (Å²) in [6.07, 6.45) is 6.03. The topological polar surface area (TPSA) is 72.5 Å². The van der Waals surface area contributed by atoms with Gasteiger partial charge in [0.1, 0.15) is 5.75 Å². The molecule has 0 bridgehead atoms. The maximum absolute atomic E-state index is 12.0. The van der Waals surface area contributed by atoms with Gasteiger partial charge in [0.25, 0.3) is 5.91 Å². The second kappa shape index (κ2) is 5.91. The standard InChI is InChI=1S/C16H21NO4S/c1-22(19,20)14-8-6-13(7-9-14)21-10-15(18)17-16(11-2-3-11)12-4-5-12/h6-9,11-12,16H,2-5,10H2,1H3,(H,17,18). The predicted octanol–water partition coefficient (Wildman–Crippen LogP) is 1.77. The molecule has 0 radical (unpaired) electrons. The molecule has 1 N–H and O–H groups in total. The first-order valence-corrected chi connectivity index (χ1v) is 9.55. The van der Waals surface area contributed by atoms with Gasteiger partial charge in [-0.2, -0.15) is 0 Å². The molecule has 0 heterocycles. The largest absolute Gasteiger partial charge is 0.484 e. The third-order valence-electron chi connectivity index (χ3n) is 4.21.